The van der Waals surface area contributed by atoms with Crippen molar-refractivity contribution in [2.24, 2.45) is 5.73 Å². The zero-order valence-electron chi connectivity index (χ0n) is 12.1. The number of carbonyl (C=O) groups excluding carboxylic acids is 1. The maximum atomic E-state index is 11.8. The number of carbonyl (C=O) groups is 1. The molecule has 1 aromatic heterocycles. The summed E-state index contributed by atoms with van der Waals surface area (Å²) >= 11 is 1.34. The molecule has 5 heteroatoms. The van der Waals surface area contributed by atoms with Gasteiger partial charge in [-0.1, -0.05) is 54.2 Å². The van der Waals surface area contributed by atoms with Crippen molar-refractivity contribution in [2.75, 3.05) is 0 Å². The highest BCUT2D eigenvalue weighted by molar-refractivity contribution is 8.00. The van der Waals surface area contributed by atoms with Gasteiger partial charge in [0.25, 0.3) is 0 Å². The van der Waals surface area contributed by atoms with Gasteiger partial charge in [-0.2, -0.15) is 0 Å². The van der Waals surface area contributed by atoms with E-state index in [9.17, 15) is 4.79 Å². The summed E-state index contributed by atoms with van der Waals surface area (Å²) in [5.74, 6) is -0.384. The molecule has 0 fully saturated rings. The topological polar surface area (TPSA) is 68.9 Å². The highest BCUT2D eigenvalue weighted by Crippen LogP contribution is 2.35. The molecular weight excluding hydrogens is 294 g/mol. The SMILES string of the molecule is Cc1nc2ccccc2nc1SC(C(N)=O)c1ccccc1. The number of para-hydroxylation sites is 2. The first kappa shape index (κ1) is 14.5. The Kier molecular flexibility index (Phi) is 4.06. The first-order valence-corrected chi connectivity index (χ1v) is 7.77. The van der Waals surface area contributed by atoms with E-state index in [-0.39, 0.29) is 5.91 Å². The number of thioether (sulfide) groups is 1. The van der Waals surface area contributed by atoms with Crippen molar-refractivity contribution in [1.29, 1.82) is 0 Å². The Balaban J connectivity index is 2.00. The highest BCUT2D eigenvalue weighted by atomic mass is 32.2. The molecule has 0 aliphatic heterocycles. The van der Waals surface area contributed by atoms with Crippen molar-refractivity contribution < 1.29 is 4.79 Å². The summed E-state index contributed by atoms with van der Waals surface area (Å²) in [4.78, 5) is 21.0. The van der Waals surface area contributed by atoms with Crippen molar-refractivity contribution >= 4 is 28.7 Å². The van der Waals surface area contributed by atoms with E-state index < -0.39 is 5.25 Å². The summed E-state index contributed by atoms with van der Waals surface area (Å²) in [5.41, 5.74) is 8.90. The molecule has 22 heavy (non-hydrogen) atoms. The van der Waals surface area contributed by atoms with Crippen molar-refractivity contribution in [3.8, 4) is 0 Å². The second kappa shape index (κ2) is 6.15. The minimum atomic E-state index is -0.477. The Morgan fingerprint density at radius 2 is 1.59 bits per heavy atom. The minimum Gasteiger partial charge on any atom is -0.368 e. The van der Waals surface area contributed by atoms with E-state index in [0.717, 1.165) is 27.3 Å². The average Bonchev–Trinajstić information content (AvgIpc) is 2.53. The van der Waals surface area contributed by atoms with Crippen LogP contribution >= 0.6 is 11.8 Å². The van der Waals surface area contributed by atoms with Crippen molar-refractivity contribution in [2.45, 2.75) is 17.2 Å². The highest BCUT2D eigenvalue weighted by Gasteiger charge is 2.21. The number of nitrogens with zero attached hydrogens (tertiary/aromatic N) is 2. The maximum Gasteiger partial charge on any atom is 0.235 e. The molecule has 110 valence electrons. The van der Waals surface area contributed by atoms with Crippen LogP contribution in [0.1, 0.15) is 16.5 Å². The molecule has 1 unspecified atom stereocenters. The van der Waals surface area contributed by atoms with Crippen LogP contribution < -0.4 is 5.73 Å². The van der Waals surface area contributed by atoms with Gasteiger partial charge in [0.15, 0.2) is 0 Å². The summed E-state index contributed by atoms with van der Waals surface area (Å²) in [6.45, 7) is 1.89. The maximum absolute atomic E-state index is 11.8. The molecule has 0 saturated heterocycles. The molecule has 0 aliphatic rings. The number of benzene rings is 2. The van der Waals surface area contributed by atoms with Gasteiger partial charge in [-0.05, 0) is 24.6 Å². The number of primary amides is 1. The fraction of sp³-hybridized carbons (Fsp3) is 0.118. The van der Waals surface area contributed by atoms with Crippen LogP contribution in [0.4, 0.5) is 0 Å². The van der Waals surface area contributed by atoms with Crippen LogP contribution in [0, 0.1) is 6.92 Å². The fourth-order valence-corrected chi connectivity index (χ4v) is 3.21. The van der Waals surface area contributed by atoms with Crippen LogP contribution in [-0.2, 0) is 4.79 Å². The van der Waals surface area contributed by atoms with E-state index in [1.807, 2.05) is 61.5 Å². The van der Waals surface area contributed by atoms with E-state index >= 15 is 0 Å². The van der Waals surface area contributed by atoms with Gasteiger partial charge >= 0.3 is 0 Å². The number of aryl methyl sites for hydroxylation is 1. The smallest absolute Gasteiger partial charge is 0.235 e. The summed E-state index contributed by atoms with van der Waals surface area (Å²) in [6.07, 6.45) is 0. The minimum absolute atomic E-state index is 0.384. The van der Waals surface area contributed by atoms with Gasteiger partial charge in [-0.15, -0.1) is 0 Å². The van der Waals surface area contributed by atoms with Gasteiger partial charge < -0.3 is 5.73 Å². The van der Waals surface area contributed by atoms with Crippen LogP contribution in [0.25, 0.3) is 11.0 Å². The van der Waals surface area contributed by atoms with Gasteiger partial charge in [0.2, 0.25) is 5.91 Å². The van der Waals surface area contributed by atoms with Gasteiger partial charge in [0, 0.05) is 0 Å². The number of aromatic nitrogens is 2. The monoisotopic (exact) mass is 309 g/mol. The summed E-state index contributed by atoms with van der Waals surface area (Å²) < 4.78 is 0. The lowest BCUT2D eigenvalue weighted by molar-refractivity contribution is -0.117. The number of hydrogen-bond donors (Lipinski definition) is 1. The Hall–Kier alpha value is -2.40. The molecule has 2 N–H and O–H groups in total. The number of fused-ring (bicyclic) bond motifs is 1. The molecule has 0 spiro atoms. The molecule has 3 rings (SSSR count). The molecule has 3 aromatic rings. The Morgan fingerprint density at radius 1 is 1.00 bits per heavy atom. The van der Waals surface area contributed by atoms with E-state index in [4.69, 9.17) is 5.73 Å². The van der Waals surface area contributed by atoms with Crippen molar-refractivity contribution in [3.05, 3.63) is 65.9 Å². The molecule has 0 radical (unpaired) electrons. The first-order chi connectivity index (χ1) is 10.6. The predicted octanol–water partition coefficient (Wildman–Crippen LogP) is 3.26. The lowest BCUT2D eigenvalue weighted by Crippen LogP contribution is -2.19. The molecular formula is C17H15N3OS. The second-order valence-electron chi connectivity index (χ2n) is 4.91. The third kappa shape index (κ3) is 2.94. The van der Waals surface area contributed by atoms with E-state index in [1.165, 1.54) is 11.8 Å². The van der Waals surface area contributed by atoms with E-state index in [1.54, 1.807) is 0 Å². The molecule has 0 saturated carbocycles. The fourth-order valence-electron chi connectivity index (χ4n) is 2.21. The number of nitrogens with two attached hydrogens (primary N) is 1. The standard InChI is InChI=1S/C17H15N3OS/c1-11-17(20-14-10-6-5-9-13(14)19-11)22-15(16(18)21)12-7-3-2-4-8-12/h2-10,15H,1H3,(H2,18,21). The average molecular weight is 309 g/mol. The van der Waals surface area contributed by atoms with Crippen LogP contribution in [0.5, 0.6) is 0 Å². The Bertz CT molecular complexity index is 821. The van der Waals surface area contributed by atoms with Gasteiger partial charge in [-0.3, -0.25) is 4.79 Å². The predicted molar refractivity (Wildman–Crippen MR) is 88.5 cm³/mol. The molecule has 1 heterocycles. The van der Waals surface area contributed by atoms with Gasteiger partial charge in [0.1, 0.15) is 10.3 Å². The third-order valence-corrected chi connectivity index (χ3v) is 4.64. The molecule has 1 atom stereocenters. The van der Waals surface area contributed by atoms with Crippen molar-refractivity contribution in [3.63, 3.8) is 0 Å². The van der Waals surface area contributed by atoms with Crippen LogP contribution in [-0.4, -0.2) is 15.9 Å². The molecule has 4 nitrogen and oxygen atoms in total. The molecule has 1 amide bonds. The number of rotatable bonds is 4. The summed E-state index contributed by atoms with van der Waals surface area (Å²) in [6, 6.07) is 17.2. The molecule has 0 aliphatic carbocycles. The van der Waals surface area contributed by atoms with Crippen LogP contribution in [0.3, 0.4) is 0 Å². The molecule has 2 aromatic carbocycles. The number of hydrogen-bond acceptors (Lipinski definition) is 4. The van der Waals surface area contributed by atoms with Gasteiger partial charge in [-0.25, -0.2) is 9.97 Å². The van der Waals surface area contributed by atoms with Crippen molar-refractivity contribution in [1.82, 2.24) is 9.97 Å². The summed E-state index contributed by atoms with van der Waals surface area (Å²) in [5, 5.41) is 0.252. The Labute approximate surface area is 132 Å². The lowest BCUT2D eigenvalue weighted by atomic mass is 10.1. The largest absolute Gasteiger partial charge is 0.368 e. The molecule has 0 bridgehead atoms. The Morgan fingerprint density at radius 3 is 2.23 bits per heavy atom. The second-order valence-corrected chi connectivity index (χ2v) is 6.01. The van der Waals surface area contributed by atoms with Crippen LogP contribution in [0.15, 0.2) is 59.6 Å². The van der Waals surface area contributed by atoms with E-state index in [2.05, 4.69) is 9.97 Å². The normalized spacial score (nSPS) is 12.2. The van der Waals surface area contributed by atoms with Gasteiger partial charge in [0.05, 0.1) is 16.7 Å². The third-order valence-electron chi connectivity index (χ3n) is 3.29. The first-order valence-electron chi connectivity index (χ1n) is 6.89. The van der Waals surface area contributed by atoms with Crippen LogP contribution in [0.2, 0.25) is 0 Å². The van der Waals surface area contributed by atoms with E-state index in [0.29, 0.717) is 0 Å². The lowest BCUT2D eigenvalue weighted by Gasteiger charge is -2.14. The number of amides is 1. The summed E-state index contributed by atoms with van der Waals surface area (Å²) in [7, 11) is 0. The zero-order chi connectivity index (χ0) is 15.5. The quantitative estimate of drug-likeness (QED) is 0.751. The zero-order valence-corrected chi connectivity index (χ0v) is 12.9.